The third-order valence-corrected chi connectivity index (χ3v) is 4.87. The lowest BCUT2D eigenvalue weighted by Crippen LogP contribution is -2.34. The molecule has 0 aliphatic carbocycles. The van der Waals surface area contributed by atoms with E-state index in [0.29, 0.717) is 17.1 Å². The van der Waals surface area contributed by atoms with E-state index in [-0.39, 0.29) is 11.8 Å². The molecule has 0 spiro atoms. The Morgan fingerprint density at radius 2 is 2.15 bits per heavy atom. The predicted molar refractivity (Wildman–Crippen MR) is 102 cm³/mol. The number of benzene rings is 2. The summed E-state index contributed by atoms with van der Waals surface area (Å²) >= 11 is 1.52. The summed E-state index contributed by atoms with van der Waals surface area (Å²) < 4.78 is 6.57. The number of carbonyl (C=O) groups excluding carboxylic acids is 2. The molecule has 2 heterocycles. The third kappa shape index (κ3) is 3.29. The van der Waals surface area contributed by atoms with Crippen LogP contribution in [-0.4, -0.2) is 22.9 Å². The summed E-state index contributed by atoms with van der Waals surface area (Å²) in [4.78, 5) is 28.3. The largest absolute Gasteiger partial charge is 0.479 e. The summed E-state index contributed by atoms with van der Waals surface area (Å²) in [5, 5.41) is 6.29. The molecule has 0 saturated carbocycles. The molecule has 4 rings (SSSR count). The van der Waals surface area contributed by atoms with Crippen molar-refractivity contribution in [2.75, 3.05) is 10.6 Å². The molecule has 2 N–H and O–H groups in total. The van der Waals surface area contributed by atoms with Gasteiger partial charge in [-0.3, -0.25) is 9.59 Å². The number of ether oxygens (including phenoxy) is 1. The molecule has 1 aliphatic heterocycles. The molecule has 1 unspecified atom stereocenters. The van der Waals surface area contributed by atoms with Gasteiger partial charge in [0.25, 0.3) is 5.91 Å². The maximum Gasteiger partial charge on any atom is 0.265 e. The lowest BCUT2D eigenvalue weighted by atomic mass is 10.2. The number of para-hydroxylation sites is 1. The molecule has 6 nitrogen and oxygen atoms in total. The number of thiazole rings is 1. The van der Waals surface area contributed by atoms with Crippen LogP contribution in [0.15, 0.2) is 48.5 Å². The number of fused-ring (bicyclic) bond motifs is 2. The van der Waals surface area contributed by atoms with Gasteiger partial charge in [0.15, 0.2) is 6.10 Å². The lowest BCUT2D eigenvalue weighted by Gasteiger charge is -2.23. The highest BCUT2D eigenvalue weighted by atomic mass is 32.1. The van der Waals surface area contributed by atoms with Gasteiger partial charge in [-0.2, -0.15) is 0 Å². The molecule has 0 bridgehead atoms. The molecule has 3 aromatic rings. The van der Waals surface area contributed by atoms with Crippen molar-refractivity contribution in [3.05, 3.63) is 53.5 Å². The van der Waals surface area contributed by atoms with Crippen molar-refractivity contribution in [3.8, 4) is 5.75 Å². The lowest BCUT2D eigenvalue weighted by molar-refractivity contribution is -0.122. The number of nitrogens with zero attached hydrogens (tertiary/aromatic N) is 1. The molecule has 1 aliphatic rings. The van der Waals surface area contributed by atoms with E-state index in [4.69, 9.17) is 4.74 Å². The average molecular weight is 365 g/mol. The molecular weight excluding hydrogens is 350 g/mol. The van der Waals surface area contributed by atoms with E-state index in [1.165, 1.54) is 17.4 Å². The van der Waals surface area contributed by atoms with E-state index in [2.05, 4.69) is 15.6 Å². The Bertz CT molecular complexity index is 1010. The molecule has 130 valence electrons. The summed E-state index contributed by atoms with van der Waals surface area (Å²) in [6.45, 7) is 1.68. The minimum Gasteiger partial charge on any atom is -0.479 e. The first-order valence-electron chi connectivity index (χ1n) is 8.05. The number of aromatic nitrogens is 1. The fourth-order valence-corrected chi connectivity index (χ4v) is 3.45. The van der Waals surface area contributed by atoms with E-state index >= 15 is 0 Å². The Balaban J connectivity index is 1.46. The number of hydrogen-bond acceptors (Lipinski definition) is 5. The van der Waals surface area contributed by atoms with Gasteiger partial charge in [-0.1, -0.05) is 12.1 Å². The van der Waals surface area contributed by atoms with Crippen molar-refractivity contribution < 1.29 is 14.3 Å². The van der Waals surface area contributed by atoms with E-state index in [1.54, 1.807) is 31.2 Å². The minimum atomic E-state index is -0.528. The zero-order valence-electron chi connectivity index (χ0n) is 13.9. The summed E-state index contributed by atoms with van der Waals surface area (Å²) in [7, 11) is 0. The van der Waals surface area contributed by atoms with Crippen LogP contribution in [0.25, 0.3) is 16.3 Å². The van der Waals surface area contributed by atoms with Crippen LogP contribution < -0.4 is 15.4 Å². The summed E-state index contributed by atoms with van der Waals surface area (Å²) in [6, 6.07) is 12.9. The van der Waals surface area contributed by atoms with Crippen molar-refractivity contribution in [3.63, 3.8) is 0 Å². The van der Waals surface area contributed by atoms with Gasteiger partial charge in [0.05, 0.1) is 15.9 Å². The van der Waals surface area contributed by atoms with Crippen LogP contribution in [-0.2, 0) is 9.59 Å². The van der Waals surface area contributed by atoms with E-state index in [1.807, 2.05) is 24.3 Å². The Labute approximate surface area is 153 Å². The number of amides is 2. The first-order chi connectivity index (χ1) is 12.6. The minimum absolute atomic E-state index is 0.211. The molecular formula is C19H15N3O3S. The molecule has 1 aromatic heterocycles. The van der Waals surface area contributed by atoms with E-state index in [0.717, 1.165) is 15.2 Å². The number of anilines is 2. The van der Waals surface area contributed by atoms with Gasteiger partial charge < -0.3 is 15.4 Å². The molecule has 2 amide bonds. The fourth-order valence-electron chi connectivity index (χ4n) is 2.58. The standard InChI is InChI=1S/C19H15N3O3S/c1-11-19(24)22-14-10-12(6-7-15(14)25-11)20-17(23)8-9-18-21-13-4-2-3-5-16(13)26-18/h2-11H,1H3,(H,20,23)(H,22,24)/b9-8+. The Hall–Kier alpha value is -3.19. The summed E-state index contributed by atoms with van der Waals surface area (Å²) in [5.74, 6) is 0.0949. The van der Waals surface area contributed by atoms with Crippen molar-refractivity contribution >= 4 is 50.8 Å². The molecule has 0 fully saturated rings. The Kier molecular flexibility index (Phi) is 4.14. The van der Waals surface area contributed by atoms with Crippen molar-refractivity contribution in [2.45, 2.75) is 13.0 Å². The van der Waals surface area contributed by atoms with Crippen LogP contribution in [0.3, 0.4) is 0 Å². The average Bonchev–Trinajstić information content (AvgIpc) is 3.04. The molecule has 0 radical (unpaired) electrons. The van der Waals surface area contributed by atoms with Gasteiger partial charge in [0, 0.05) is 11.8 Å². The first kappa shape index (κ1) is 16.3. The quantitative estimate of drug-likeness (QED) is 0.694. The van der Waals surface area contributed by atoms with Gasteiger partial charge >= 0.3 is 0 Å². The highest BCUT2D eigenvalue weighted by molar-refractivity contribution is 7.19. The smallest absolute Gasteiger partial charge is 0.265 e. The molecule has 2 aromatic carbocycles. The van der Waals surface area contributed by atoms with Gasteiger partial charge in [0.1, 0.15) is 10.8 Å². The predicted octanol–water partition coefficient (Wildman–Crippen LogP) is 3.67. The summed E-state index contributed by atoms with van der Waals surface area (Å²) in [5.41, 5.74) is 2.03. The second kappa shape index (κ2) is 6.61. The van der Waals surface area contributed by atoms with Crippen LogP contribution in [0.1, 0.15) is 11.9 Å². The van der Waals surface area contributed by atoms with Gasteiger partial charge in [-0.05, 0) is 43.3 Å². The maximum absolute atomic E-state index is 12.1. The normalized spacial score (nSPS) is 16.2. The molecule has 0 saturated heterocycles. The Morgan fingerprint density at radius 1 is 1.31 bits per heavy atom. The zero-order valence-corrected chi connectivity index (χ0v) is 14.7. The van der Waals surface area contributed by atoms with Gasteiger partial charge in [-0.15, -0.1) is 11.3 Å². The fraction of sp³-hybridized carbons (Fsp3) is 0.105. The second-order valence-electron chi connectivity index (χ2n) is 5.80. The van der Waals surface area contributed by atoms with Crippen LogP contribution in [0.5, 0.6) is 5.75 Å². The van der Waals surface area contributed by atoms with Crippen molar-refractivity contribution in [1.29, 1.82) is 0 Å². The number of rotatable bonds is 3. The highest BCUT2D eigenvalue weighted by Crippen LogP contribution is 2.32. The maximum atomic E-state index is 12.1. The van der Waals surface area contributed by atoms with Crippen LogP contribution in [0.2, 0.25) is 0 Å². The number of carbonyl (C=O) groups is 2. The number of nitrogens with one attached hydrogen (secondary N) is 2. The van der Waals surface area contributed by atoms with Gasteiger partial charge in [0.2, 0.25) is 5.91 Å². The zero-order chi connectivity index (χ0) is 18.1. The first-order valence-corrected chi connectivity index (χ1v) is 8.86. The molecule has 26 heavy (non-hydrogen) atoms. The molecule has 1 atom stereocenters. The van der Waals surface area contributed by atoms with Crippen LogP contribution in [0, 0.1) is 0 Å². The monoisotopic (exact) mass is 365 g/mol. The van der Waals surface area contributed by atoms with E-state index < -0.39 is 6.10 Å². The Morgan fingerprint density at radius 3 is 3.00 bits per heavy atom. The van der Waals surface area contributed by atoms with Gasteiger partial charge in [-0.25, -0.2) is 4.98 Å². The summed E-state index contributed by atoms with van der Waals surface area (Å²) in [6.07, 6.45) is 2.60. The second-order valence-corrected chi connectivity index (χ2v) is 6.86. The third-order valence-electron chi connectivity index (χ3n) is 3.87. The van der Waals surface area contributed by atoms with Crippen LogP contribution in [0.4, 0.5) is 11.4 Å². The number of hydrogen-bond donors (Lipinski definition) is 2. The van der Waals surface area contributed by atoms with E-state index in [9.17, 15) is 9.59 Å². The van der Waals surface area contributed by atoms with Crippen LogP contribution >= 0.6 is 11.3 Å². The van der Waals surface area contributed by atoms with Crippen molar-refractivity contribution in [1.82, 2.24) is 4.98 Å². The SMILES string of the molecule is CC1Oc2ccc(NC(=O)/C=C/c3nc4ccccc4s3)cc2NC1=O. The molecule has 7 heteroatoms. The van der Waals surface area contributed by atoms with Crippen molar-refractivity contribution in [2.24, 2.45) is 0 Å². The topological polar surface area (TPSA) is 80.3 Å². The highest BCUT2D eigenvalue weighted by Gasteiger charge is 2.23.